The highest BCUT2D eigenvalue weighted by molar-refractivity contribution is 6.37. The van der Waals surface area contributed by atoms with Gasteiger partial charge in [0.2, 0.25) is 0 Å². The molecule has 0 radical (unpaired) electrons. The predicted octanol–water partition coefficient (Wildman–Crippen LogP) is 2.68. The fourth-order valence-corrected chi connectivity index (χ4v) is 2.14. The number of aromatic nitrogens is 2. The number of carboxylic acids is 1. The first-order valence-electron chi connectivity index (χ1n) is 5.42. The summed E-state index contributed by atoms with van der Waals surface area (Å²) in [6.45, 7) is 0. The molecular weight excluding hydrogens is 305 g/mol. The Hall–Kier alpha value is -2.05. The average Bonchev–Trinajstić information content (AvgIpc) is 2.70. The van der Waals surface area contributed by atoms with E-state index in [-0.39, 0.29) is 22.0 Å². The Bertz CT molecular complexity index is 697. The number of aromatic carboxylic acids is 1. The Morgan fingerprint density at radius 1 is 1.35 bits per heavy atom. The predicted molar refractivity (Wildman–Crippen MR) is 74.6 cm³/mol. The summed E-state index contributed by atoms with van der Waals surface area (Å²) in [5, 5.41) is 15.9. The van der Waals surface area contributed by atoms with E-state index in [1.165, 1.54) is 31.4 Å². The summed E-state index contributed by atoms with van der Waals surface area (Å²) in [6, 6.07) is 4.40. The van der Waals surface area contributed by atoms with E-state index in [0.717, 1.165) is 4.68 Å². The van der Waals surface area contributed by atoms with Gasteiger partial charge in [-0.2, -0.15) is 5.10 Å². The number of hydrogen-bond acceptors (Lipinski definition) is 3. The molecule has 1 aromatic carbocycles. The van der Waals surface area contributed by atoms with Gasteiger partial charge in [-0.1, -0.05) is 23.2 Å². The van der Waals surface area contributed by atoms with E-state index >= 15 is 0 Å². The van der Waals surface area contributed by atoms with Crippen molar-refractivity contribution < 1.29 is 14.7 Å². The van der Waals surface area contributed by atoms with E-state index in [2.05, 4.69) is 10.4 Å². The van der Waals surface area contributed by atoms with Gasteiger partial charge < -0.3 is 10.4 Å². The Balaban J connectivity index is 2.31. The number of nitrogens with one attached hydrogen (secondary N) is 1. The fourth-order valence-electron chi connectivity index (χ4n) is 1.65. The Kier molecular flexibility index (Phi) is 3.96. The Morgan fingerprint density at radius 3 is 2.65 bits per heavy atom. The largest absolute Gasteiger partial charge is 0.476 e. The fraction of sp³-hybridized carbons (Fsp3) is 0.0833. The first-order valence-corrected chi connectivity index (χ1v) is 6.17. The topological polar surface area (TPSA) is 84.2 Å². The minimum Gasteiger partial charge on any atom is -0.476 e. The van der Waals surface area contributed by atoms with Crippen LogP contribution in [-0.2, 0) is 7.05 Å². The minimum atomic E-state index is -1.19. The highest BCUT2D eigenvalue weighted by Crippen LogP contribution is 2.23. The number of anilines is 1. The van der Waals surface area contributed by atoms with Gasteiger partial charge in [-0.25, -0.2) is 4.79 Å². The Labute approximate surface area is 123 Å². The molecule has 0 aliphatic carbocycles. The molecule has 6 nitrogen and oxygen atoms in total. The molecule has 0 aliphatic rings. The molecule has 0 atom stereocenters. The molecule has 1 amide bonds. The minimum absolute atomic E-state index is 0.0935. The van der Waals surface area contributed by atoms with Crippen molar-refractivity contribution >= 4 is 40.8 Å². The van der Waals surface area contributed by atoms with Gasteiger partial charge in [-0.3, -0.25) is 9.48 Å². The number of carbonyl (C=O) groups is 2. The van der Waals surface area contributed by atoms with E-state index in [0.29, 0.717) is 5.02 Å². The number of carbonyl (C=O) groups excluding carboxylic acids is 1. The van der Waals surface area contributed by atoms with Gasteiger partial charge in [-0.05, 0) is 18.2 Å². The lowest BCUT2D eigenvalue weighted by Gasteiger charge is -2.06. The van der Waals surface area contributed by atoms with Crippen molar-refractivity contribution in [2.24, 2.45) is 7.05 Å². The van der Waals surface area contributed by atoms with Crippen molar-refractivity contribution in [3.63, 3.8) is 0 Å². The van der Waals surface area contributed by atoms with Gasteiger partial charge in [0.25, 0.3) is 5.91 Å². The third kappa shape index (κ3) is 2.76. The summed E-state index contributed by atoms with van der Waals surface area (Å²) < 4.78 is 1.15. The molecule has 1 heterocycles. The molecule has 20 heavy (non-hydrogen) atoms. The van der Waals surface area contributed by atoms with E-state index in [4.69, 9.17) is 28.3 Å². The lowest BCUT2D eigenvalue weighted by molar-refractivity contribution is 0.0686. The van der Waals surface area contributed by atoms with Crippen LogP contribution in [0.4, 0.5) is 5.69 Å². The van der Waals surface area contributed by atoms with Crippen LogP contribution >= 0.6 is 23.2 Å². The second kappa shape index (κ2) is 5.52. The van der Waals surface area contributed by atoms with Gasteiger partial charge in [0, 0.05) is 12.1 Å². The molecule has 0 saturated carbocycles. The molecule has 104 valence electrons. The van der Waals surface area contributed by atoms with E-state index in [1.54, 1.807) is 0 Å². The van der Waals surface area contributed by atoms with Crippen LogP contribution in [0.15, 0.2) is 24.4 Å². The molecule has 8 heteroatoms. The maximum Gasteiger partial charge on any atom is 0.356 e. The number of hydrogen-bond donors (Lipinski definition) is 2. The maximum absolute atomic E-state index is 12.1. The van der Waals surface area contributed by atoms with Gasteiger partial charge >= 0.3 is 5.97 Å². The van der Waals surface area contributed by atoms with Crippen molar-refractivity contribution in [2.75, 3.05) is 5.32 Å². The number of carboxylic acid groups (broad SMARTS) is 1. The van der Waals surface area contributed by atoms with Gasteiger partial charge in [0.05, 0.1) is 22.5 Å². The maximum atomic E-state index is 12.1. The van der Waals surface area contributed by atoms with Crippen LogP contribution in [0.3, 0.4) is 0 Å². The number of halogens is 2. The molecule has 2 N–H and O–H groups in total. The summed E-state index contributed by atoms with van der Waals surface area (Å²) in [4.78, 5) is 23.1. The van der Waals surface area contributed by atoms with Crippen LogP contribution in [0.2, 0.25) is 10.0 Å². The van der Waals surface area contributed by atoms with Gasteiger partial charge in [0.15, 0.2) is 5.69 Å². The number of nitrogens with zero attached hydrogens (tertiary/aromatic N) is 2. The zero-order valence-corrected chi connectivity index (χ0v) is 11.7. The van der Waals surface area contributed by atoms with Gasteiger partial charge in [-0.15, -0.1) is 0 Å². The van der Waals surface area contributed by atoms with E-state index < -0.39 is 11.9 Å². The molecule has 0 unspecified atom stereocenters. The van der Waals surface area contributed by atoms with Crippen LogP contribution in [0.1, 0.15) is 20.8 Å². The molecule has 0 spiro atoms. The molecule has 1 aromatic heterocycles. The van der Waals surface area contributed by atoms with E-state index in [1.807, 2.05) is 0 Å². The summed E-state index contributed by atoms with van der Waals surface area (Å²) in [5.41, 5.74) is 0.163. The van der Waals surface area contributed by atoms with Crippen LogP contribution in [0, 0.1) is 0 Å². The molecule has 2 rings (SSSR count). The van der Waals surface area contributed by atoms with Gasteiger partial charge in [0.1, 0.15) is 0 Å². The van der Waals surface area contributed by atoms with Crippen LogP contribution < -0.4 is 5.32 Å². The van der Waals surface area contributed by atoms with Crippen molar-refractivity contribution in [3.8, 4) is 0 Å². The highest BCUT2D eigenvalue weighted by atomic mass is 35.5. The molecular formula is C12H9Cl2N3O3. The van der Waals surface area contributed by atoms with Crippen LogP contribution in [-0.4, -0.2) is 26.8 Å². The summed E-state index contributed by atoms with van der Waals surface area (Å²) >= 11 is 11.7. The normalized spacial score (nSPS) is 10.3. The average molecular weight is 314 g/mol. The number of aryl methyl sites for hydroxylation is 1. The van der Waals surface area contributed by atoms with Crippen molar-refractivity contribution in [1.29, 1.82) is 0 Å². The monoisotopic (exact) mass is 313 g/mol. The Morgan fingerprint density at radius 2 is 2.05 bits per heavy atom. The second-order valence-corrected chi connectivity index (χ2v) is 4.76. The van der Waals surface area contributed by atoms with Crippen LogP contribution in [0.5, 0.6) is 0 Å². The first kappa shape index (κ1) is 14.4. The highest BCUT2D eigenvalue weighted by Gasteiger charge is 2.19. The third-order valence-electron chi connectivity index (χ3n) is 2.57. The molecule has 0 fully saturated rings. The summed E-state index contributed by atoms with van der Waals surface area (Å²) in [6.07, 6.45) is 1.26. The quantitative estimate of drug-likeness (QED) is 0.912. The number of benzene rings is 1. The standard InChI is InChI=1S/C12H9Cl2N3O3/c1-17-10(12(19)20)9(5-15-17)16-11(18)7-3-2-6(13)4-8(7)14/h2-5H,1H3,(H,16,18)(H,19,20). The van der Waals surface area contributed by atoms with Crippen molar-refractivity contribution in [1.82, 2.24) is 9.78 Å². The number of rotatable bonds is 3. The second-order valence-electron chi connectivity index (χ2n) is 3.91. The number of amides is 1. The zero-order chi connectivity index (χ0) is 14.9. The summed E-state index contributed by atoms with van der Waals surface area (Å²) in [5.74, 6) is -1.73. The van der Waals surface area contributed by atoms with Crippen molar-refractivity contribution in [3.05, 3.63) is 45.7 Å². The lowest BCUT2D eigenvalue weighted by atomic mass is 10.2. The lowest BCUT2D eigenvalue weighted by Crippen LogP contribution is -2.15. The van der Waals surface area contributed by atoms with Crippen LogP contribution in [0.25, 0.3) is 0 Å². The van der Waals surface area contributed by atoms with Crippen molar-refractivity contribution in [2.45, 2.75) is 0 Å². The smallest absolute Gasteiger partial charge is 0.356 e. The molecule has 0 aliphatic heterocycles. The first-order chi connectivity index (χ1) is 9.40. The zero-order valence-electron chi connectivity index (χ0n) is 10.2. The molecule has 0 bridgehead atoms. The van der Waals surface area contributed by atoms with E-state index in [9.17, 15) is 9.59 Å². The molecule has 0 saturated heterocycles. The SMILES string of the molecule is Cn1ncc(NC(=O)c2ccc(Cl)cc2Cl)c1C(=O)O. The third-order valence-corrected chi connectivity index (χ3v) is 3.11. The molecule has 2 aromatic rings. The summed E-state index contributed by atoms with van der Waals surface area (Å²) in [7, 11) is 1.47.